The van der Waals surface area contributed by atoms with Crippen molar-refractivity contribution in [2.75, 3.05) is 13.6 Å². The fourth-order valence-corrected chi connectivity index (χ4v) is 2.30. The van der Waals surface area contributed by atoms with Gasteiger partial charge in [-0.3, -0.25) is 4.98 Å². The number of aliphatic hydroxyl groups excluding tert-OH is 1. The minimum absolute atomic E-state index is 0.471. The Morgan fingerprint density at radius 1 is 1.19 bits per heavy atom. The van der Waals surface area contributed by atoms with Gasteiger partial charge in [0, 0.05) is 25.5 Å². The molecule has 2 rings (SSSR count). The molecule has 2 atom stereocenters. The molecule has 0 unspecified atom stereocenters. The molecule has 0 fully saturated rings. The normalized spacial score (nSPS) is 13.6. The summed E-state index contributed by atoms with van der Waals surface area (Å²) in [5.74, 6) is -0.471. The van der Waals surface area contributed by atoms with Crippen LogP contribution in [0.3, 0.4) is 0 Å². The quantitative estimate of drug-likeness (QED) is 0.883. The van der Waals surface area contributed by atoms with Crippen molar-refractivity contribution >= 4 is 0 Å². The lowest BCUT2D eigenvalue weighted by molar-refractivity contribution is 0.111. The summed E-state index contributed by atoms with van der Waals surface area (Å²) in [6, 6.07) is 15.8. The van der Waals surface area contributed by atoms with E-state index >= 15 is 0 Å². The van der Waals surface area contributed by atoms with Gasteiger partial charge in [-0.1, -0.05) is 30.3 Å². The summed E-state index contributed by atoms with van der Waals surface area (Å²) >= 11 is 0. The van der Waals surface area contributed by atoms with E-state index in [0.717, 1.165) is 12.1 Å². The molecule has 0 saturated heterocycles. The number of aliphatic hydroxyl groups is 1. The van der Waals surface area contributed by atoms with Gasteiger partial charge < -0.3 is 10.0 Å². The third-order valence-electron chi connectivity index (χ3n) is 3.40. The van der Waals surface area contributed by atoms with Crippen molar-refractivity contribution < 1.29 is 5.11 Å². The Hall–Kier alpha value is -2.22. The van der Waals surface area contributed by atoms with E-state index in [-0.39, 0.29) is 0 Å². The Morgan fingerprint density at radius 3 is 2.48 bits per heavy atom. The minimum atomic E-state index is -0.795. The van der Waals surface area contributed by atoms with Crippen LogP contribution in [-0.4, -0.2) is 28.6 Å². The zero-order chi connectivity index (χ0) is 15.1. The fraction of sp³-hybridized carbons (Fsp3) is 0.294. The molecule has 0 aliphatic rings. The lowest BCUT2D eigenvalue weighted by Gasteiger charge is -2.23. The second-order valence-corrected chi connectivity index (χ2v) is 5.14. The van der Waals surface area contributed by atoms with E-state index in [2.05, 4.69) is 23.2 Å². The molecule has 0 amide bonds. The molecule has 0 aliphatic carbocycles. The Bertz CT molecular complexity index is 580. The van der Waals surface area contributed by atoms with E-state index in [1.807, 2.05) is 30.1 Å². The van der Waals surface area contributed by atoms with E-state index in [4.69, 9.17) is 0 Å². The van der Waals surface area contributed by atoms with Crippen LogP contribution in [0.15, 0.2) is 54.9 Å². The summed E-state index contributed by atoms with van der Waals surface area (Å²) < 4.78 is 0. The first-order valence-electron chi connectivity index (χ1n) is 6.91. The predicted octanol–water partition coefficient (Wildman–Crippen LogP) is 2.39. The highest BCUT2D eigenvalue weighted by Crippen LogP contribution is 2.22. The number of aromatic nitrogens is 1. The van der Waals surface area contributed by atoms with Crippen molar-refractivity contribution in [3.63, 3.8) is 0 Å². The molecule has 0 aliphatic heterocycles. The van der Waals surface area contributed by atoms with Gasteiger partial charge in [0.25, 0.3) is 0 Å². The first-order chi connectivity index (χ1) is 10.2. The molecule has 4 heteroatoms. The average Bonchev–Trinajstić information content (AvgIpc) is 2.53. The largest absolute Gasteiger partial charge is 0.387 e. The summed E-state index contributed by atoms with van der Waals surface area (Å²) in [7, 11) is 1.95. The SMILES string of the molecule is CN(Cc1ccccc1)C[C@H](C#N)[C@H](O)c1ccncc1. The van der Waals surface area contributed by atoms with Gasteiger partial charge in [0.15, 0.2) is 0 Å². The van der Waals surface area contributed by atoms with Gasteiger partial charge in [-0.2, -0.15) is 5.26 Å². The topological polar surface area (TPSA) is 60.2 Å². The van der Waals surface area contributed by atoms with Crippen molar-refractivity contribution in [1.82, 2.24) is 9.88 Å². The van der Waals surface area contributed by atoms with E-state index in [1.165, 1.54) is 5.56 Å². The summed E-state index contributed by atoms with van der Waals surface area (Å²) in [4.78, 5) is 5.97. The van der Waals surface area contributed by atoms with Crippen LogP contribution in [0.1, 0.15) is 17.2 Å². The molecular formula is C17H19N3O. The molecule has 4 nitrogen and oxygen atoms in total. The zero-order valence-electron chi connectivity index (χ0n) is 12.1. The maximum absolute atomic E-state index is 10.3. The van der Waals surface area contributed by atoms with Crippen LogP contribution in [-0.2, 0) is 6.54 Å². The van der Waals surface area contributed by atoms with Crippen molar-refractivity contribution in [3.05, 3.63) is 66.0 Å². The van der Waals surface area contributed by atoms with Gasteiger partial charge in [-0.25, -0.2) is 0 Å². The number of rotatable bonds is 6. The van der Waals surface area contributed by atoms with Gasteiger partial charge in [0.05, 0.1) is 18.1 Å². The zero-order valence-corrected chi connectivity index (χ0v) is 12.1. The van der Waals surface area contributed by atoms with Crippen LogP contribution in [0.2, 0.25) is 0 Å². The molecule has 108 valence electrons. The van der Waals surface area contributed by atoms with Crippen molar-refractivity contribution in [2.24, 2.45) is 5.92 Å². The summed E-state index contributed by atoms with van der Waals surface area (Å²) in [6.07, 6.45) is 2.46. The highest BCUT2D eigenvalue weighted by atomic mass is 16.3. The van der Waals surface area contributed by atoms with Crippen LogP contribution < -0.4 is 0 Å². The average molecular weight is 281 g/mol. The predicted molar refractivity (Wildman–Crippen MR) is 81.1 cm³/mol. The highest BCUT2D eigenvalue weighted by Gasteiger charge is 2.22. The molecule has 2 aromatic rings. The molecule has 21 heavy (non-hydrogen) atoms. The van der Waals surface area contributed by atoms with Crippen molar-refractivity contribution in [1.29, 1.82) is 5.26 Å². The monoisotopic (exact) mass is 281 g/mol. The minimum Gasteiger partial charge on any atom is -0.387 e. The van der Waals surface area contributed by atoms with Crippen LogP contribution in [0.4, 0.5) is 0 Å². The molecule has 1 aromatic carbocycles. The smallest absolute Gasteiger partial charge is 0.0961 e. The Kier molecular flexibility index (Phi) is 5.44. The number of hydrogen-bond donors (Lipinski definition) is 1. The molecule has 1 aromatic heterocycles. The number of nitriles is 1. The van der Waals surface area contributed by atoms with E-state index in [9.17, 15) is 10.4 Å². The van der Waals surface area contributed by atoms with E-state index in [1.54, 1.807) is 24.5 Å². The third kappa shape index (κ3) is 4.38. The van der Waals surface area contributed by atoms with E-state index < -0.39 is 12.0 Å². The standard InChI is InChI=1S/C17H19N3O/c1-20(12-14-5-3-2-4-6-14)13-16(11-18)17(21)15-7-9-19-10-8-15/h2-10,16-17,21H,12-13H2,1H3/t16-,17+/m0/s1. The Balaban J connectivity index is 1.97. The van der Waals surface area contributed by atoms with Crippen LogP contribution in [0.5, 0.6) is 0 Å². The molecule has 0 bridgehead atoms. The lowest BCUT2D eigenvalue weighted by Crippen LogP contribution is -2.28. The highest BCUT2D eigenvalue weighted by molar-refractivity contribution is 5.17. The number of benzene rings is 1. The van der Waals surface area contributed by atoms with Gasteiger partial charge in [-0.15, -0.1) is 0 Å². The van der Waals surface area contributed by atoms with Crippen LogP contribution in [0, 0.1) is 17.2 Å². The van der Waals surface area contributed by atoms with Gasteiger partial charge in [0.2, 0.25) is 0 Å². The van der Waals surface area contributed by atoms with E-state index in [0.29, 0.717) is 6.54 Å². The van der Waals surface area contributed by atoms with Gasteiger partial charge in [-0.05, 0) is 30.3 Å². The Labute approximate surface area is 125 Å². The summed E-state index contributed by atoms with van der Waals surface area (Å²) in [5, 5.41) is 19.6. The Morgan fingerprint density at radius 2 is 1.86 bits per heavy atom. The summed E-state index contributed by atoms with van der Waals surface area (Å²) in [5.41, 5.74) is 1.92. The first kappa shape index (κ1) is 15.2. The van der Waals surface area contributed by atoms with Gasteiger partial charge >= 0.3 is 0 Å². The molecule has 0 spiro atoms. The molecule has 1 heterocycles. The third-order valence-corrected chi connectivity index (χ3v) is 3.40. The number of hydrogen-bond acceptors (Lipinski definition) is 4. The second-order valence-electron chi connectivity index (χ2n) is 5.14. The maximum atomic E-state index is 10.3. The molecule has 0 saturated carbocycles. The maximum Gasteiger partial charge on any atom is 0.0961 e. The lowest BCUT2D eigenvalue weighted by atomic mass is 9.97. The molecular weight excluding hydrogens is 262 g/mol. The van der Waals surface area contributed by atoms with Crippen LogP contribution >= 0.6 is 0 Å². The van der Waals surface area contributed by atoms with Crippen LogP contribution in [0.25, 0.3) is 0 Å². The van der Waals surface area contributed by atoms with Gasteiger partial charge in [0.1, 0.15) is 0 Å². The van der Waals surface area contributed by atoms with Crippen molar-refractivity contribution in [3.8, 4) is 6.07 Å². The number of pyridine rings is 1. The fourth-order valence-electron chi connectivity index (χ4n) is 2.30. The van der Waals surface area contributed by atoms with Crippen molar-refractivity contribution in [2.45, 2.75) is 12.6 Å². The second kappa shape index (κ2) is 7.53. The first-order valence-corrected chi connectivity index (χ1v) is 6.91. The number of nitrogens with zero attached hydrogens (tertiary/aromatic N) is 3. The molecule has 0 radical (unpaired) electrons. The molecule has 1 N–H and O–H groups in total. The summed E-state index contributed by atoms with van der Waals surface area (Å²) in [6.45, 7) is 1.26.